The second kappa shape index (κ2) is 12.4. The quantitative estimate of drug-likeness (QED) is 0.397. The topological polar surface area (TPSA) is 60.0 Å². The number of amides is 1. The Morgan fingerprint density at radius 1 is 0.944 bits per heavy atom. The molecule has 1 aliphatic heterocycles. The van der Waals surface area contributed by atoms with E-state index in [9.17, 15) is 4.79 Å². The lowest BCUT2D eigenvalue weighted by Gasteiger charge is -2.34. The lowest BCUT2D eigenvalue weighted by Crippen LogP contribution is -2.38. The maximum atomic E-state index is 12.4. The maximum Gasteiger partial charge on any atom is 0.262 e. The molecule has 0 atom stereocenters. The van der Waals surface area contributed by atoms with Crippen LogP contribution in [0.25, 0.3) is 0 Å². The number of hydrogen-bond donors (Lipinski definition) is 1. The molecule has 0 aliphatic carbocycles. The van der Waals surface area contributed by atoms with Gasteiger partial charge >= 0.3 is 0 Å². The molecule has 3 aromatic rings. The third kappa shape index (κ3) is 6.76. The summed E-state index contributed by atoms with van der Waals surface area (Å²) in [5.41, 5.74) is 2.95. The van der Waals surface area contributed by atoms with Crippen LogP contribution >= 0.6 is 12.2 Å². The van der Waals surface area contributed by atoms with Crippen molar-refractivity contribution in [2.45, 2.75) is 19.3 Å². The van der Waals surface area contributed by atoms with E-state index in [4.69, 9.17) is 26.4 Å². The van der Waals surface area contributed by atoms with E-state index < -0.39 is 0 Å². The van der Waals surface area contributed by atoms with Crippen LogP contribution in [0.15, 0.2) is 72.8 Å². The molecule has 1 amide bonds. The van der Waals surface area contributed by atoms with Gasteiger partial charge in [-0.1, -0.05) is 48.6 Å². The van der Waals surface area contributed by atoms with Crippen LogP contribution in [-0.2, 0) is 11.2 Å². The van der Waals surface area contributed by atoms with Gasteiger partial charge < -0.3 is 24.4 Å². The third-order valence-electron chi connectivity index (χ3n) is 6.39. The number of hydrogen-bond acceptors (Lipinski definition) is 5. The van der Waals surface area contributed by atoms with Gasteiger partial charge in [0, 0.05) is 30.4 Å². The van der Waals surface area contributed by atoms with Crippen molar-refractivity contribution in [2.24, 2.45) is 5.92 Å². The smallest absolute Gasteiger partial charge is 0.262 e. The van der Waals surface area contributed by atoms with E-state index in [1.54, 1.807) is 32.4 Å². The number of rotatable bonds is 9. The van der Waals surface area contributed by atoms with E-state index in [0.717, 1.165) is 42.9 Å². The minimum Gasteiger partial charge on any atom is -0.497 e. The molecule has 36 heavy (non-hydrogen) atoms. The van der Waals surface area contributed by atoms with E-state index in [-0.39, 0.29) is 12.5 Å². The van der Waals surface area contributed by atoms with Gasteiger partial charge in [0.25, 0.3) is 5.91 Å². The number of nitrogens with one attached hydrogen (secondary N) is 1. The van der Waals surface area contributed by atoms with Crippen molar-refractivity contribution in [3.05, 3.63) is 83.9 Å². The molecule has 1 heterocycles. The molecule has 0 radical (unpaired) electrons. The first kappa shape index (κ1) is 25.5. The number of thiocarbonyl (C=S) groups is 1. The number of methoxy groups -OCH3 is 2. The predicted molar refractivity (Wildman–Crippen MR) is 146 cm³/mol. The Morgan fingerprint density at radius 3 is 2.44 bits per heavy atom. The molecule has 1 N–H and O–H groups in total. The second-order valence-corrected chi connectivity index (χ2v) is 9.25. The minimum absolute atomic E-state index is 0.147. The molecular formula is C29H32N2O4S. The molecule has 1 aliphatic rings. The monoisotopic (exact) mass is 504 g/mol. The first-order valence-corrected chi connectivity index (χ1v) is 12.5. The van der Waals surface area contributed by atoms with Gasteiger partial charge in [0.05, 0.1) is 14.2 Å². The van der Waals surface area contributed by atoms with Crippen molar-refractivity contribution < 1.29 is 19.0 Å². The van der Waals surface area contributed by atoms with Crippen molar-refractivity contribution in [2.75, 3.05) is 39.2 Å². The number of carbonyl (C=O) groups is 1. The van der Waals surface area contributed by atoms with Gasteiger partial charge in [-0.2, -0.15) is 0 Å². The fourth-order valence-corrected chi connectivity index (χ4v) is 4.74. The summed E-state index contributed by atoms with van der Waals surface area (Å²) in [6.45, 7) is 1.75. The van der Waals surface area contributed by atoms with Crippen LogP contribution in [0.1, 0.15) is 24.0 Å². The Kier molecular flexibility index (Phi) is 8.79. The van der Waals surface area contributed by atoms with Crippen LogP contribution < -0.4 is 19.5 Å². The first-order chi connectivity index (χ1) is 17.6. The first-order valence-electron chi connectivity index (χ1n) is 12.1. The van der Waals surface area contributed by atoms with Crippen LogP contribution in [0.2, 0.25) is 0 Å². The second-order valence-electron chi connectivity index (χ2n) is 8.86. The molecule has 1 saturated heterocycles. The van der Waals surface area contributed by atoms with Gasteiger partial charge in [0.2, 0.25) is 0 Å². The lowest BCUT2D eigenvalue weighted by atomic mass is 9.90. The van der Waals surface area contributed by atoms with Crippen molar-refractivity contribution in [3.8, 4) is 17.2 Å². The van der Waals surface area contributed by atoms with Gasteiger partial charge in [-0.25, -0.2) is 0 Å². The average Bonchev–Trinajstić information content (AvgIpc) is 2.92. The summed E-state index contributed by atoms with van der Waals surface area (Å²) in [4.78, 5) is 15.4. The zero-order valence-corrected chi connectivity index (χ0v) is 21.6. The van der Waals surface area contributed by atoms with Crippen LogP contribution in [0.3, 0.4) is 0 Å². The summed E-state index contributed by atoms with van der Waals surface area (Å²) < 4.78 is 16.5. The SMILES string of the molecule is COc1cccc(NC(=O)COc2ccc(C(=S)N3CCC(Cc4ccccc4)CC3)cc2OC)c1. The molecule has 0 bridgehead atoms. The Labute approximate surface area is 218 Å². The summed E-state index contributed by atoms with van der Waals surface area (Å²) in [5.74, 6) is 2.11. The van der Waals surface area contributed by atoms with Gasteiger partial charge in [0.15, 0.2) is 18.1 Å². The predicted octanol–water partition coefficient (Wildman–Crippen LogP) is 5.35. The number of anilines is 1. The van der Waals surface area contributed by atoms with E-state index in [1.165, 1.54) is 5.56 Å². The van der Waals surface area contributed by atoms with Crippen molar-refractivity contribution >= 4 is 28.8 Å². The summed E-state index contributed by atoms with van der Waals surface area (Å²) in [6, 6.07) is 23.5. The molecule has 7 heteroatoms. The molecule has 4 rings (SSSR count). The highest BCUT2D eigenvalue weighted by Crippen LogP contribution is 2.30. The standard InChI is InChI=1S/C29H32N2O4S/c1-33-25-10-6-9-24(19-25)30-28(32)20-35-26-12-11-23(18-27(26)34-2)29(36)31-15-13-22(14-16-31)17-21-7-4-3-5-8-21/h3-12,18-19,22H,13-17,20H2,1-2H3,(H,30,32). The summed E-state index contributed by atoms with van der Waals surface area (Å²) >= 11 is 5.81. The summed E-state index contributed by atoms with van der Waals surface area (Å²) in [7, 11) is 3.17. The normalized spacial score (nSPS) is 13.7. The van der Waals surface area contributed by atoms with Crippen molar-refractivity contribution in [3.63, 3.8) is 0 Å². The fourth-order valence-electron chi connectivity index (χ4n) is 4.43. The van der Waals surface area contributed by atoms with Crippen molar-refractivity contribution in [1.82, 2.24) is 4.90 Å². The highest BCUT2D eigenvalue weighted by Gasteiger charge is 2.22. The molecule has 6 nitrogen and oxygen atoms in total. The number of piperidine rings is 1. The Bertz CT molecular complexity index is 1180. The van der Waals surface area contributed by atoms with E-state index in [2.05, 4.69) is 40.5 Å². The highest BCUT2D eigenvalue weighted by molar-refractivity contribution is 7.80. The molecule has 188 valence electrons. The van der Waals surface area contributed by atoms with Crippen molar-refractivity contribution in [1.29, 1.82) is 0 Å². The number of carbonyl (C=O) groups excluding carboxylic acids is 1. The molecular weight excluding hydrogens is 472 g/mol. The third-order valence-corrected chi connectivity index (χ3v) is 6.89. The van der Waals surface area contributed by atoms with Gasteiger partial charge in [-0.3, -0.25) is 4.79 Å². The molecule has 0 aromatic heterocycles. The summed E-state index contributed by atoms with van der Waals surface area (Å²) in [6.07, 6.45) is 3.36. The van der Waals surface area contributed by atoms with Crippen LogP contribution in [0, 0.1) is 5.92 Å². The van der Waals surface area contributed by atoms with Crippen LogP contribution in [-0.4, -0.2) is 49.7 Å². The number of ether oxygens (including phenoxy) is 3. The molecule has 0 unspecified atom stereocenters. The van der Waals surface area contributed by atoms with Crippen LogP contribution in [0.5, 0.6) is 17.2 Å². The lowest BCUT2D eigenvalue weighted by molar-refractivity contribution is -0.118. The Hall–Kier alpha value is -3.58. The van der Waals surface area contributed by atoms with Gasteiger partial charge in [0.1, 0.15) is 10.7 Å². The van der Waals surface area contributed by atoms with Gasteiger partial charge in [-0.15, -0.1) is 0 Å². The zero-order chi connectivity index (χ0) is 25.3. The molecule has 0 spiro atoms. The highest BCUT2D eigenvalue weighted by atomic mass is 32.1. The molecule has 0 saturated carbocycles. The minimum atomic E-state index is -0.275. The van der Waals surface area contributed by atoms with E-state index >= 15 is 0 Å². The number of likely N-dealkylation sites (tertiary alicyclic amines) is 1. The Balaban J connectivity index is 1.30. The molecule has 1 fully saturated rings. The van der Waals surface area contributed by atoms with E-state index in [1.807, 2.05) is 24.3 Å². The number of benzene rings is 3. The Morgan fingerprint density at radius 2 is 1.72 bits per heavy atom. The zero-order valence-electron chi connectivity index (χ0n) is 20.7. The average molecular weight is 505 g/mol. The largest absolute Gasteiger partial charge is 0.497 e. The van der Waals surface area contributed by atoms with E-state index in [0.29, 0.717) is 28.9 Å². The molecule has 3 aromatic carbocycles. The van der Waals surface area contributed by atoms with Crippen LogP contribution in [0.4, 0.5) is 5.69 Å². The van der Waals surface area contributed by atoms with Gasteiger partial charge in [-0.05, 0) is 61.1 Å². The number of nitrogens with zero attached hydrogens (tertiary/aromatic N) is 1. The fraction of sp³-hybridized carbons (Fsp3) is 0.310. The summed E-state index contributed by atoms with van der Waals surface area (Å²) in [5, 5.41) is 2.80. The maximum absolute atomic E-state index is 12.4.